The lowest BCUT2D eigenvalue weighted by Crippen LogP contribution is -2.32. The summed E-state index contributed by atoms with van der Waals surface area (Å²) < 4.78 is 5.39. The molecular weight excluding hydrogens is 208 g/mol. The van der Waals surface area contributed by atoms with Gasteiger partial charge in [0.1, 0.15) is 18.4 Å². The van der Waals surface area contributed by atoms with E-state index in [4.69, 9.17) is 21.3 Å². The molecule has 0 amide bonds. The third kappa shape index (κ3) is 3.52. The van der Waals surface area contributed by atoms with Gasteiger partial charge in [0.2, 0.25) is 0 Å². The third-order valence-electron chi connectivity index (χ3n) is 2.11. The Bertz CT molecular complexity index is 355. The molecule has 16 heavy (non-hydrogen) atoms. The molecule has 5 heteroatoms. The van der Waals surface area contributed by atoms with Crippen LogP contribution in [-0.2, 0) is 11.2 Å². The van der Waals surface area contributed by atoms with Crippen LogP contribution in [0.1, 0.15) is 5.56 Å². The fourth-order valence-corrected chi connectivity index (χ4v) is 1.31. The molecule has 1 aromatic carbocycles. The average Bonchev–Trinajstić information content (AvgIpc) is 2.27. The number of para-hydroxylation sites is 1. The smallest absolute Gasteiger partial charge is 0.320 e. The molecule has 0 aliphatic heterocycles. The lowest BCUT2D eigenvalue weighted by atomic mass is 10.1. The number of nitrogens with two attached hydrogens (primary N) is 2. The van der Waals surface area contributed by atoms with Gasteiger partial charge in [0.15, 0.2) is 0 Å². The number of ether oxygens (including phenoxy) is 1. The summed E-state index contributed by atoms with van der Waals surface area (Å²) in [5.74, 6) is -0.377. The van der Waals surface area contributed by atoms with Crippen LogP contribution in [0, 0.1) is 0 Å². The van der Waals surface area contributed by atoms with E-state index in [0.717, 1.165) is 5.56 Å². The molecule has 1 rings (SSSR count). The van der Waals surface area contributed by atoms with Gasteiger partial charge in [-0.2, -0.15) is 0 Å². The van der Waals surface area contributed by atoms with Gasteiger partial charge in [0.05, 0.1) is 0 Å². The Morgan fingerprint density at radius 2 is 2.12 bits per heavy atom. The molecule has 0 radical (unpaired) electrons. The summed E-state index contributed by atoms with van der Waals surface area (Å²) in [5.41, 5.74) is 11.6. The van der Waals surface area contributed by atoms with Crippen LogP contribution in [-0.4, -0.2) is 30.3 Å². The van der Waals surface area contributed by atoms with Gasteiger partial charge >= 0.3 is 5.97 Å². The van der Waals surface area contributed by atoms with Crippen LogP contribution in [0.15, 0.2) is 24.3 Å². The summed E-state index contributed by atoms with van der Waals surface area (Å²) in [6.07, 6.45) is 0.246. The van der Waals surface area contributed by atoms with Gasteiger partial charge in [-0.1, -0.05) is 18.2 Å². The summed E-state index contributed by atoms with van der Waals surface area (Å²) in [5, 5.41) is 8.72. The van der Waals surface area contributed by atoms with Crippen LogP contribution in [0.3, 0.4) is 0 Å². The minimum atomic E-state index is -1.02. The van der Waals surface area contributed by atoms with Gasteiger partial charge in [-0.3, -0.25) is 4.79 Å². The van der Waals surface area contributed by atoms with Crippen molar-refractivity contribution < 1.29 is 14.6 Å². The number of benzene rings is 1. The van der Waals surface area contributed by atoms with Crippen LogP contribution in [0.5, 0.6) is 5.75 Å². The fourth-order valence-electron chi connectivity index (χ4n) is 1.31. The number of hydrogen-bond acceptors (Lipinski definition) is 4. The van der Waals surface area contributed by atoms with E-state index in [9.17, 15) is 4.79 Å². The van der Waals surface area contributed by atoms with Crippen molar-refractivity contribution in [2.75, 3.05) is 13.2 Å². The molecule has 0 aliphatic carbocycles. The van der Waals surface area contributed by atoms with E-state index in [2.05, 4.69) is 0 Å². The highest BCUT2D eigenvalue weighted by molar-refractivity contribution is 5.73. The second-order valence-corrected chi connectivity index (χ2v) is 3.39. The molecule has 88 valence electrons. The van der Waals surface area contributed by atoms with Crippen molar-refractivity contribution in [2.24, 2.45) is 11.5 Å². The zero-order chi connectivity index (χ0) is 12.0. The minimum absolute atomic E-state index is 0.246. The number of hydrogen-bond donors (Lipinski definition) is 3. The molecule has 1 aromatic rings. The quantitative estimate of drug-likeness (QED) is 0.630. The van der Waals surface area contributed by atoms with Crippen molar-refractivity contribution in [3.63, 3.8) is 0 Å². The molecule has 0 aliphatic rings. The van der Waals surface area contributed by atoms with Crippen molar-refractivity contribution in [2.45, 2.75) is 12.5 Å². The highest BCUT2D eigenvalue weighted by Gasteiger charge is 2.14. The van der Waals surface area contributed by atoms with E-state index >= 15 is 0 Å². The van der Waals surface area contributed by atoms with Gasteiger partial charge in [-0.25, -0.2) is 0 Å². The molecule has 5 N–H and O–H groups in total. The van der Waals surface area contributed by atoms with Gasteiger partial charge in [-0.05, 0) is 11.6 Å². The first-order valence-corrected chi connectivity index (χ1v) is 5.04. The summed E-state index contributed by atoms with van der Waals surface area (Å²) >= 11 is 0. The maximum absolute atomic E-state index is 10.6. The van der Waals surface area contributed by atoms with Crippen LogP contribution < -0.4 is 16.2 Å². The zero-order valence-corrected chi connectivity index (χ0v) is 8.93. The summed E-state index contributed by atoms with van der Waals surface area (Å²) in [6.45, 7) is 0.818. The standard InChI is InChI=1S/C11H16N2O3/c12-5-6-16-10-4-2-1-3-8(10)7-9(13)11(14)15/h1-4,9H,5-7,12-13H2,(H,14,15)/t9-/m0/s1. The van der Waals surface area contributed by atoms with Crippen LogP contribution in [0.2, 0.25) is 0 Å². The van der Waals surface area contributed by atoms with Gasteiger partial charge < -0.3 is 21.3 Å². The maximum atomic E-state index is 10.6. The first-order chi connectivity index (χ1) is 7.65. The van der Waals surface area contributed by atoms with Crippen LogP contribution in [0.4, 0.5) is 0 Å². The first kappa shape index (κ1) is 12.5. The molecule has 0 aromatic heterocycles. The van der Waals surface area contributed by atoms with Gasteiger partial charge in [-0.15, -0.1) is 0 Å². The fraction of sp³-hybridized carbons (Fsp3) is 0.364. The molecule has 0 spiro atoms. The molecular formula is C11H16N2O3. The average molecular weight is 224 g/mol. The Hall–Kier alpha value is -1.59. The lowest BCUT2D eigenvalue weighted by Gasteiger charge is -2.12. The Kier molecular flexibility index (Phi) is 4.75. The number of carbonyl (C=O) groups is 1. The Labute approximate surface area is 94.0 Å². The van der Waals surface area contributed by atoms with E-state index in [-0.39, 0.29) is 6.42 Å². The summed E-state index contributed by atoms with van der Waals surface area (Å²) in [7, 11) is 0. The van der Waals surface area contributed by atoms with E-state index < -0.39 is 12.0 Å². The SMILES string of the molecule is NCCOc1ccccc1C[C@H](N)C(=O)O. The normalized spacial score (nSPS) is 12.1. The summed E-state index contributed by atoms with van der Waals surface area (Å²) in [4.78, 5) is 10.6. The highest BCUT2D eigenvalue weighted by atomic mass is 16.5. The van der Waals surface area contributed by atoms with Crippen molar-refractivity contribution in [3.05, 3.63) is 29.8 Å². The molecule has 0 heterocycles. The molecule has 0 saturated carbocycles. The number of carboxylic acid groups (broad SMARTS) is 1. The Morgan fingerprint density at radius 1 is 1.44 bits per heavy atom. The molecule has 0 saturated heterocycles. The molecule has 5 nitrogen and oxygen atoms in total. The Balaban J connectivity index is 2.74. The maximum Gasteiger partial charge on any atom is 0.320 e. The minimum Gasteiger partial charge on any atom is -0.492 e. The van der Waals surface area contributed by atoms with E-state index in [0.29, 0.717) is 18.9 Å². The molecule has 0 fully saturated rings. The predicted molar refractivity (Wildman–Crippen MR) is 60.3 cm³/mol. The van der Waals surface area contributed by atoms with E-state index in [1.54, 1.807) is 12.1 Å². The highest BCUT2D eigenvalue weighted by Crippen LogP contribution is 2.19. The number of rotatable bonds is 6. The Morgan fingerprint density at radius 3 is 2.75 bits per heavy atom. The van der Waals surface area contributed by atoms with Crippen molar-refractivity contribution >= 4 is 5.97 Å². The van der Waals surface area contributed by atoms with Gasteiger partial charge in [0, 0.05) is 13.0 Å². The molecule has 0 unspecified atom stereocenters. The van der Waals surface area contributed by atoms with Crippen molar-refractivity contribution in [1.29, 1.82) is 0 Å². The second kappa shape index (κ2) is 6.09. The monoisotopic (exact) mass is 224 g/mol. The lowest BCUT2D eigenvalue weighted by molar-refractivity contribution is -0.138. The predicted octanol–water partition coefficient (Wildman–Crippen LogP) is -0.0215. The second-order valence-electron chi connectivity index (χ2n) is 3.39. The van der Waals surface area contributed by atoms with E-state index in [1.165, 1.54) is 0 Å². The van der Waals surface area contributed by atoms with Crippen molar-refractivity contribution in [3.8, 4) is 5.75 Å². The zero-order valence-electron chi connectivity index (χ0n) is 8.93. The van der Waals surface area contributed by atoms with Crippen molar-refractivity contribution in [1.82, 2.24) is 0 Å². The molecule has 0 bridgehead atoms. The topological polar surface area (TPSA) is 98.6 Å². The number of carboxylic acids is 1. The largest absolute Gasteiger partial charge is 0.492 e. The summed E-state index contributed by atoms with van der Waals surface area (Å²) in [6, 6.07) is 6.30. The van der Waals surface area contributed by atoms with Gasteiger partial charge in [0.25, 0.3) is 0 Å². The van der Waals surface area contributed by atoms with Crippen LogP contribution >= 0.6 is 0 Å². The van der Waals surface area contributed by atoms with Crippen LogP contribution in [0.25, 0.3) is 0 Å². The van der Waals surface area contributed by atoms with E-state index in [1.807, 2.05) is 12.1 Å². The number of aliphatic carboxylic acids is 1. The first-order valence-electron chi connectivity index (χ1n) is 5.04. The molecule has 1 atom stereocenters. The third-order valence-corrected chi connectivity index (χ3v) is 2.11.